The lowest BCUT2D eigenvalue weighted by atomic mass is 10.0. The number of allylic oxidation sites excluding steroid dienone is 1. The first kappa shape index (κ1) is 25.2. The molecule has 1 amide bonds. The number of halogens is 1. The molecule has 3 fully saturated rings. The summed E-state index contributed by atoms with van der Waals surface area (Å²) >= 11 is 6.53. The zero-order valence-electron chi connectivity index (χ0n) is 21.8. The number of benzene rings is 1. The predicted molar refractivity (Wildman–Crippen MR) is 151 cm³/mol. The molecule has 6 rings (SSSR count). The Hall–Kier alpha value is -3.07. The van der Waals surface area contributed by atoms with E-state index in [0.717, 1.165) is 90.3 Å². The van der Waals surface area contributed by atoms with E-state index in [0.29, 0.717) is 18.9 Å². The van der Waals surface area contributed by atoms with Gasteiger partial charge in [0, 0.05) is 62.2 Å². The van der Waals surface area contributed by atoms with Crippen LogP contribution in [0.25, 0.3) is 16.5 Å². The van der Waals surface area contributed by atoms with Crippen LogP contribution in [0, 0.1) is 0 Å². The molecule has 0 aliphatic carbocycles. The SMILES string of the molecule is C=C(C)c1c[nH]c2c(N3CCC(NC(=O)c4ccc(N5CCC6(CC5)OCCO6)cn4)CC3)ccc(Cl)c12. The van der Waals surface area contributed by atoms with Crippen LogP contribution in [0.5, 0.6) is 0 Å². The van der Waals surface area contributed by atoms with Crippen LogP contribution in [-0.4, -0.2) is 67.1 Å². The lowest BCUT2D eigenvalue weighted by molar-refractivity contribution is -0.169. The van der Waals surface area contributed by atoms with Crippen molar-refractivity contribution in [2.24, 2.45) is 0 Å². The van der Waals surface area contributed by atoms with E-state index in [1.54, 1.807) is 6.20 Å². The fourth-order valence-electron chi connectivity index (χ4n) is 5.92. The summed E-state index contributed by atoms with van der Waals surface area (Å²) in [7, 11) is 0. The maximum atomic E-state index is 12.9. The topological polar surface area (TPSA) is 82.7 Å². The van der Waals surface area contributed by atoms with Gasteiger partial charge in [-0.1, -0.05) is 18.2 Å². The molecule has 8 nitrogen and oxygen atoms in total. The van der Waals surface area contributed by atoms with Crippen molar-refractivity contribution in [3.05, 3.63) is 59.5 Å². The van der Waals surface area contributed by atoms with E-state index in [9.17, 15) is 4.79 Å². The van der Waals surface area contributed by atoms with E-state index in [1.165, 1.54) is 0 Å². The number of amides is 1. The molecule has 9 heteroatoms. The average molecular weight is 536 g/mol. The Bertz CT molecular complexity index is 1330. The minimum atomic E-state index is -0.395. The maximum absolute atomic E-state index is 12.9. The van der Waals surface area contributed by atoms with Gasteiger partial charge in [-0.3, -0.25) is 4.79 Å². The molecule has 0 atom stereocenters. The number of aromatic amines is 1. The highest BCUT2D eigenvalue weighted by Gasteiger charge is 2.39. The molecule has 2 N–H and O–H groups in total. The van der Waals surface area contributed by atoms with Crippen LogP contribution < -0.4 is 15.1 Å². The summed E-state index contributed by atoms with van der Waals surface area (Å²) in [6.45, 7) is 10.8. The van der Waals surface area contributed by atoms with Gasteiger partial charge >= 0.3 is 0 Å². The number of nitrogens with zero attached hydrogens (tertiary/aromatic N) is 3. The largest absolute Gasteiger partial charge is 0.370 e. The summed E-state index contributed by atoms with van der Waals surface area (Å²) in [5.74, 6) is -0.516. The van der Waals surface area contributed by atoms with Crippen molar-refractivity contribution in [2.75, 3.05) is 49.2 Å². The fraction of sp³-hybridized carbons (Fsp3) is 0.448. The normalized spacial score (nSPS) is 19.8. The third-order valence-corrected chi connectivity index (χ3v) is 8.39. The first-order valence-electron chi connectivity index (χ1n) is 13.4. The Balaban J connectivity index is 1.04. The Morgan fingerprint density at radius 2 is 1.84 bits per heavy atom. The summed E-state index contributed by atoms with van der Waals surface area (Å²) in [6.07, 6.45) is 7.19. The summed E-state index contributed by atoms with van der Waals surface area (Å²) in [6, 6.07) is 7.95. The number of nitrogens with one attached hydrogen (secondary N) is 2. The number of carbonyl (C=O) groups excluding carboxylic acids is 1. The van der Waals surface area contributed by atoms with E-state index < -0.39 is 5.79 Å². The van der Waals surface area contributed by atoms with Crippen LogP contribution in [0.3, 0.4) is 0 Å². The Morgan fingerprint density at radius 1 is 1.11 bits per heavy atom. The third kappa shape index (κ3) is 4.77. The van der Waals surface area contributed by atoms with E-state index in [2.05, 4.69) is 37.7 Å². The van der Waals surface area contributed by atoms with Gasteiger partial charge in [-0.15, -0.1) is 0 Å². The van der Waals surface area contributed by atoms with Gasteiger partial charge in [0.15, 0.2) is 5.79 Å². The standard InChI is InChI=1S/C29H34ClN5O3/c1-19(2)22-18-32-27-25(6-4-23(30)26(22)27)35-11-7-20(8-12-35)33-28(36)24-5-3-21(17-31-24)34-13-9-29(10-14-34)37-15-16-38-29/h3-6,17-18,20,32H,1,7-16H2,2H3,(H,33,36). The van der Waals surface area contributed by atoms with Gasteiger partial charge in [-0.25, -0.2) is 4.98 Å². The number of ether oxygens (including phenoxy) is 2. The Labute approximate surface area is 227 Å². The van der Waals surface area contributed by atoms with Crippen molar-refractivity contribution >= 4 is 45.4 Å². The number of fused-ring (bicyclic) bond motifs is 1. The minimum absolute atomic E-state index is 0.113. The predicted octanol–water partition coefficient (Wildman–Crippen LogP) is 4.99. The number of aromatic nitrogens is 2. The van der Waals surface area contributed by atoms with E-state index in [4.69, 9.17) is 21.1 Å². The molecule has 38 heavy (non-hydrogen) atoms. The van der Waals surface area contributed by atoms with Gasteiger partial charge in [-0.2, -0.15) is 0 Å². The van der Waals surface area contributed by atoms with Crippen LogP contribution in [-0.2, 0) is 9.47 Å². The van der Waals surface area contributed by atoms with Crippen molar-refractivity contribution in [1.29, 1.82) is 0 Å². The van der Waals surface area contributed by atoms with Gasteiger partial charge < -0.3 is 29.6 Å². The molecule has 1 aromatic carbocycles. The molecular weight excluding hydrogens is 502 g/mol. The van der Waals surface area contributed by atoms with Gasteiger partial charge in [0.25, 0.3) is 5.91 Å². The second-order valence-corrected chi connectivity index (χ2v) is 10.9. The first-order chi connectivity index (χ1) is 18.4. The van der Waals surface area contributed by atoms with Gasteiger partial charge in [0.1, 0.15) is 5.69 Å². The maximum Gasteiger partial charge on any atom is 0.270 e. The smallest absolute Gasteiger partial charge is 0.270 e. The number of pyridine rings is 1. The molecule has 0 radical (unpaired) electrons. The summed E-state index contributed by atoms with van der Waals surface area (Å²) < 4.78 is 11.6. The number of rotatable bonds is 5. The fourth-order valence-corrected chi connectivity index (χ4v) is 6.17. The lowest BCUT2D eigenvalue weighted by Crippen LogP contribution is -2.45. The Morgan fingerprint density at radius 3 is 2.50 bits per heavy atom. The van der Waals surface area contributed by atoms with Crippen molar-refractivity contribution in [3.8, 4) is 0 Å². The molecule has 0 bridgehead atoms. The first-order valence-corrected chi connectivity index (χ1v) is 13.8. The molecule has 200 valence electrons. The van der Waals surface area contributed by atoms with Crippen LogP contribution in [0.1, 0.15) is 48.7 Å². The molecule has 5 heterocycles. The quantitative estimate of drug-likeness (QED) is 0.479. The second-order valence-electron chi connectivity index (χ2n) is 10.5. The van der Waals surface area contributed by atoms with Crippen LogP contribution in [0.15, 0.2) is 43.2 Å². The number of anilines is 2. The van der Waals surface area contributed by atoms with E-state index >= 15 is 0 Å². The van der Waals surface area contributed by atoms with Crippen LogP contribution in [0.4, 0.5) is 11.4 Å². The minimum Gasteiger partial charge on any atom is -0.370 e. The summed E-state index contributed by atoms with van der Waals surface area (Å²) in [4.78, 5) is 25.5. The molecule has 3 saturated heterocycles. The van der Waals surface area contributed by atoms with E-state index in [-0.39, 0.29) is 11.9 Å². The molecule has 1 spiro atoms. The molecule has 2 aromatic heterocycles. The summed E-state index contributed by atoms with van der Waals surface area (Å²) in [5.41, 5.74) is 5.67. The van der Waals surface area contributed by atoms with Crippen molar-refractivity contribution < 1.29 is 14.3 Å². The molecule has 0 unspecified atom stereocenters. The highest BCUT2D eigenvalue weighted by molar-refractivity contribution is 6.36. The molecular formula is C29H34ClN5O3. The Kier molecular flexibility index (Phi) is 6.80. The van der Waals surface area contributed by atoms with Gasteiger partial charge in [0.05, 0.1) is 41.3 Å². The van der Waals surface area contributed by atoms with Crippen molar-refractivity contribution in [3.63, 3.8) is 0 Å². The average Bonchev–Trinajstić information content (AvgIpc) is 3.59. The molecule has 3 aliphatic heterocycles. The molecule has 0 saturated carbocycles. The zero-order chi connectivity index (χ0) is 26.3. The number of piperidine rings is 2. The van der Waals surface area contributed by atoms with Gasteiger partial charge in [0.2, 0.25) is 0 Å². The van der Waals surface area contributed by atoms with E-state index in [1.807, 2.05) is 31.3 Å². The monoisotopic (exact) mass is 535 g/mol. The van der Waals surface area contributed by atoms with Crippen LogP contribution in [0.2, 0.25) is 5.02 Å². The number of H-pyrrole nitrogens is 1. The number of carbonyl (C=O) groups is 1. The highest BCUT2D eigenvalue weighted by atomic mass is 35.5. The van der Waals surface area contributed by atoms with Crippen molar-refractivity contribution in [2.45, 2.75) is 44.4 Å². The van der Waals surface area contributed by atoms with Gasteiger partial charge in [-0.05, 0) is 49.6 Å². The van der Waals surface area contributed by atoms with Crippen molar-refractivity contribution in [1.82, 2.24) is 15.3 Å². The number of hydrogen-bond acceptors (Lipinski definition) is 6. The second kappa shape index (κ2) is 10.2. The highest BCUT2D eigenvalue weighted by Crippen LogP contribution is 2.37. The molecule has 3 aromatic rings. The third-order valence-electron chi connectivity index (χ3n) is 8.08. The van der Waals surface area contributed by atoms with Crippen LogP contribution >= 0.6 is 11.6 Å². The lowest BCUT2D eigenvalue weighted by Gasteiger charge is -2.38. The number of hydrogen-bond donors (Lipinski definition) is 2. The summed E-state index contributed by atoms with van der Waals surface area (Å²) in [5, 5.41) is 4.94. The molecule has 3 aliphatic rings. The zero-order valence-corrected chi connectivity index (χ0v) is 22.5.